The number of carbonyl (C=O) groups is 1. The molecular weight excluding hydrogens is 391 g/mol. The highest BCUT2D eigenvalue weighted by Gasteiger charge is 2.48. The number of aliphatic hydroxyl groups is 1. The van der Waals surface area contributed by atoms with Gasteiger partial charge in [0.25, 0.3) is 0 Å². The summed E-state index contributed by atoms with van der Waals surface area (Å²) in [4.78, 5) is 14.5. The fraction of sp³-hybridized carbons (Fsp3) is 0.208. The van der Waals surface area contributed by atoms with Crippen molar-refractivity contribution >= 4 is 11.6 Å². The summed E-state index contributed by atoms with van der Waals surface area (Å²) in [6.45, 7) is 0. The van der Waals surface area contributed by atoms with Crippen molar-refractivity contribution in [3.63, 3.8) is 0 Å². The SMILES string of the molecule is O=C1[C@H](CC[C@H](O)c2ccc(F)cc2)[C@@H](c2ccc(F)cc2)N1c1ccc(F)cc1. The standard InChI is InChI=1S/C24H20F3NO2/c25-17-5-1-15(2-6-17)22(29)14-13-21-23(16-3-7-18(26)8-4-16)28(24(21)30)20-11-9-19(27)10-12-20/h1-12,21-23,29H,13-14H2/t21-,22+,23-/m1/s1. The second-order valence-corrected chi connectivity index (χ2v) is 7.43. The van der Waals surface area contributed by atoms with E-state index in [1.165, 1.54) is 60.7 Å². The number of β-lactam (4-membered cyclic amide) rings is 1. The molecule has 1 aliphatic heterocycles. The molecule has 1 aliphatic rings. The maximum Gasteiger partial charge on any atom is 0.233 e. The summed E-state index contributed by atoms with van der Waals surface area (Å²) >= 11 is 0. The first kappa shape index (κ1) is 20.2. The van der Waals surface area contributed by atoms with Crippen LogP contribution in [0.4, 0.5) is 18.9 Å². The lowest BCUT2D eigenvalue weighted by atomic mass is 9.78. The van der Waals surface area contributed by atoms with Gasteiger partial charge >= 0.3 is 0 Å². The number of carbonyl (C=O) groups excluding carboxylic acids is 1. The van der Waals surface area contributed by atoms with Crippen molar-refractivity contribution in [2.24, 2.45) is 5.92 Å². The number of rotatable bonds is 6. The van der Waals surface area contributed by atoms with Gasteiger partial charge in [0.15, 0.2) is 0 Å². The van der Waals surface area contributed by atoms with E-state index in [1.807, 2.05) is 0 Å². The zero-order valence-electron chi connectivity index (χ0n) is 16.0. The molecule has 30 heavy (non-hydrogen) atoms. The Bertz CT molecular complexity index is 1020. The van der Waals surface area contributed by atoms with Crippen LogP contribution in [-0.2, 0) is 4.79 Å². The van der Waals surface area contributed by atoms with Crippen LogP contribution in [0.2, 0.25) is 0 Å². The summed E-state index contributed by atoms with van der Waals surface area (Å²) in [5, 5.41) is 10.4. The predicted octanol–water partition coefficient (Wildman–Crippen LogP) is 5.32. The molecule has 1 heterocycles. The molecule has 3 atom stereocenters. The second-order valence-electron chi connectivity index (χ2n) is 7.43. The van der Waals surface area contributed by atoms with E-state index < -0.39 is 17.8 Å². The molecule has 154 valence electrons. The molecule has 1 fully saturated rings. The number of nitrogens with zero attached hydrogens (tertiary/aromatic N) is 1. The summed E-state index contributed by atoms with van der Waals surface area (Å²) in [5.74, 6) is -1.70. The molecule has 0 aromatic heterocycles. The average Bonchev–Trinajstić information content (AvgIpc) is 2.74. The number of hydrogen-bond donors (Lipinski definition) is 1. The molecule has 4 rings (SSSR count). The normalized spacial score (nSPS) is 19.5. The molecule has 0 saturated carbocycles. The van der Waals surface area contributed by atoms with E-state index in [9.17, 15) is 23.1 Å². The Morgan fingerprint density at radius 1 is 0.800 bits per heavy atom. The van der Waals surface area contributed by atoms with Gasteiger partial charge in [-0.15, -0.1) is 0 Å². The van der Waals surface area contributed by atoms with Gasteiger partial charge in [0.2, 0.25) is 5.91 Å². The number of benzene rings is 3. The van der Waals surface area contributed by atoms with Crippen LogP contribution in [0.25, 0.3) is 0 Å². The van der Waals surface area contributed by atoms with Gasteiger partial charge in [-0.1, -0.05) is 24.3 Å². The van der Waals surface area contributed by atoms with E-state index in [0.717, 1.165) is 5.56 Å². The Morgan fingerprint density at radius 2 is 1.30 bits per heavy atom. The summed E-state index contributed by atoms with van der Waals surface area (Å²) in [7, 11) is 0. The summed E-state index contributed by atoms with van der Waals surface area (Å²) < 4.78 is 39.8. The predicted molar refractivity (Wildman–Crippen MR) is 107 cm³/mol. The molecule has 3 nitrogen and oxygen atoms in total. The van der Waals surface area contributed by atoms with E-state index >= 15 is 0 Å². The van der Waals surface area contributed by atoms with E-state index in [-0.39, 0.29) is 23.6 Å². The molecule has 1 N–H and O–H groups in total. The van der Waals surface area contributed by atoms with Crippen LogP contribution in [0.15, 0.2) is 72.8 Å². The number of aliphatic hydroxyl groups excluding tert-OH is 1. The maximum atomic E-state index is 13.4. The molecule has 0 spiro atoms. The first-order chi connectivity index (χ1) is 14.4. The Balaban J connectivity index is 1.55. The zero-order chi connectivity index (χ0) is 21.3. The molecule has 0 bridgehead atoms. The summed E-state index contributed by atoms with van der Waals surface area (Å²) in [6, 6.07) is 16.8. The molecule has 0 aliphatic carbocycles. The van der Waals surface area contributed by atoms with Crippen molar-refractivity contribution in [3.8, 4) is 0 Å². The highest BCUT2D eigenvalue weighted by molar-refractivity contribution is 6.03. The number of hydrogen-bond acceptors (Lipinski definition) is 2. The minimum absolute atomic E-state index is 0.137. The molecule has 0 radical (unpaired) electrons. The fourth-order valence-electron chi connectivity index (χ4n) is 3.95. The lowest BCUT2D eigenvalue weighted by Crippen LogP contribution is -2.55. The highest BCUT2D eigenvalue weighted by atomic mass is 19.1. The highest BCUT2D eigenvalue weighted by Crippen LogP contribution is 2.46. The van der Waals surface area contributed by atoms with Crippen LogP contribution in [-0.4, -0.2) is 11.0 Å². The van der Waals surface area contributed by atoms with Gasteiger partial charge in [-0.05, 0) is 72.5 Å². The van der Waals surface area contributed by atoms with Crippen molar-refractivity contribution < 1.29 is 23.1 Å². The minimum atomic E-state index is -0.827. The molecule has 1 saturated heterocycles. The molecular formula is C24H20F3NO2. The van der Waals surface area contributed by atoms with Gasteiger partial charge in [-0.25, -0.2) is 13.2 Å². The Morgan fingerprint density at radius 3 is 1.87 bits per heavy atom. The van der Waals surface area contributed by atoms with Crippen LogP contribution in [0.3, 0.4) is 0 Å². The quantitative estimate of drug-likeness (QED) is 0.558. The average molecular weight is 411 g/mol. The monoisotopic (exact) mass is 411 g/mol. The van der Waals surface area contributed by atoms with E-state index in [0.29, 0.717) is 24.1 Å². The van der Waals surface area contributed by atoms with Crippen molar-refractivity contribution in [1.82, 2.24) is 0 Å². The molecule has 1 amide bonds. The Kier molecular flexibility index (Phi) is 5.59. The number of anilines is 1. The lowest BCUT2D eigenvalue weighted by Gasteiger charge is -2.48. The minimum Gasteiger partial charge on any atom is -0.388 e. The molecule has 3 aromatic carbocycles. The topological polar surface area (TPSA) is 40.5 Å². The Labute approximate surface area is 172 Å². The van der Waals surface area contributed by atoms with Crippen molar-refractivity contribution in [3.05, 3.63) is 101 Å². The molecule has 3 aromatic rings. The van der Waals surface area contributed by atoms with Crippen molar-refractivity contribution in [2.45, 2.75) is 25.0 Å². The van der Waals surface area contributed by atoms with Gasteiger partial charge in [0.05, 0.1) is 18.1 Å². The van der Waals surface area contributed by atoms with Gasteiger partial charge in [-0.3, -0.25) is 4.79 Å². The summed E-state index contributed by atoms with van der Waals surface area (Å²) in [6.07, 6.45) is -0.110. The van der Waals surface area contributed by atoms with Crippen molar-refractivity contribution in [2.75, 3.05) is 4.90 Å². The van der Waals surface area contributed by atoms with Gasteiger partial charge < -0.3 is 10.0 Å². The van der Waals surface area contributed by atoms with Gasteiger partial charge in [0.1, 0.15) is 17.5 Å². The van der Waals surface area contributed by atoms with Crippen LogP contribution in [0.1, 0.15) is 36.1 Å². The van der Waals surface area contributed by atoms with Gasteiger partial charge in [0, 0.05) is 5.69 Å². The van der Waals surface area contributed by atoms with Crippen molar-refractivity contribution in [1.29, 1.82) is 0 Å². The molecule has 6 heteroatoms. The third-order valence-electron chi connectivity index (χ3n) is 5.54. The molecule has 0 unspecified atom stereocenters. The van der Waals surface area contributed by atoms with Crippen LogP contribution in [0.5, 0.6) is 0 Å². The third kappa shape index (κ3) is 3.96. The first-order valence-electron chi connectivity index (χ1n) is 9.71. The van der Waals surface area contributed by atoms with Crippen LogP contribution < -0.4 is 4.90 Å². The zero-order valence-corrected chi connectivity index (χ0v) is 16.0. The van der Waals surface area contributed by atoms with Gasteiger partial charge in [-0.2, -0.15) is 0 Å². The smallest absolute Gasteiger partial charge is 0.233 e. The second kappa shape index (κ2) is 8.32. The number of halogens is 3. The largest absolute Gasteiger partial charge is 0.388 e. The van der Waals surface area contributed by atoms with E-state index in [1.54, 1.807) is 17.0 Å². The number of amides is 1. The third-order valence-corrected chi connectivity index (χ3v) is 5.54. The lowest BCUT2D eigenvalue weighted by molar-refractivity contribution is -0.131. The van der Waals surface area contributed by atoms with E-state index in [4.69, 9.17) is 0 Å². The fourth-order valence-corrected chi connectivity index (χ4v) is 3.95. The van der Waals surface area contributed by atoms with Crippen LogP contribution in [0, 0.1) is 23.4 Å². The summed E-state index contributed by atoms with van der Waals surface area (Å²) in [5.41, 5.74) is 1.91. The maximum absolute atomic E-state index is 13.4. The van der Waals surface area contributed by atoms with Crippen LogP contribution >= 0.6 is 0 Å². The van der Waals surface area contributed by atoms with E-state index in [2.05, 4.69) is 0 Å². The Hall–Kier alpha value is -3.12. The first-order valence-corrected chi connectivity index (χ1v) is 9.71.